The number of fused-ring (bicyclic) bond motifs is 1. The van der Waals surface area contributed by atoms with Crippen LogP contribution >= 0.6 is 0 Å². The third-order valence-corrected chi connectivity index (χ3v) is 3.98. The van der Waals surface area contributed by atoms with Gasteiger partial charge in [-0.3, -0.25) is 14.7 Å². The summed E-state index contributed by atoms with van der Waals surface area (Å²) in [5, 5.41) is 10.9. The number of rotatable bonds is 4. The van der Waals surface area contributed by atoms with Crippen LogP contribution in [0.1, 0.15) is 16.3 Å². The molecule has 0 aliphatic rings. The van der Waals surface area contributed by atoms with Gasteiger partial charge in [-0.25, -0.2) is 4.98 Å². The summed E-state index contributed by atoms with van der Waals surface area (Å²) in [4.78, 5) is 31.4. The predicted molar refractivity (Wildman–Crippen MR) is 97.6 cm³/mol. The lowest BCUT2D eigenvalue weighted by atomic mass is 10.1. The van der Waals surface area contributed by atoms with Gasteiger partial charge in [-0.05, 0) is 17.5 Å². The number of aromatic amines is 2. The number of carbonyl (C=O) groups is 1. The van der Waals surface area contributed by atoms with Crippen LogP contribution in [0.15, 0.2) is 65.5 Å². The summed E-state index contributed by atoms with van der Waals surface area (Å²) in [7, 11) is 0. The normalized spacial score (nSPS) is 10.8. The fraction of sp³-hybridized carbons (Fsp3) is 0.0526. The molecule has 26 heavy (non-hydrogen) atoms. The first kappa shape index (κ1) is 15.8. The molecule has 0 bridgehead atoms. The SMILES string of the molecule is O=C(NCc1nc(-c2ccccc2)n[nH]1)c1cc2ccccc2c(=O)[nH]1. The highest BCUT2D eigenvalue weighted by Gasteiger charge is 2.11. The summed E-state index contributed by atoms with van der Waals surface area (Å²) in [6.45, 7) is 0.174. The Morgan fingerprint density at radius 1 is 1.04 bits per heavy atom. The monoisotopic (exact) mass is 345 g/mol. The van der Waals surface area contributed by atoms with E-state index in [1.54, 1.807) is 24.3 Å². The van der Waals surface area contributed by atoms with Crippen molar-refractivity contribution in [3.8, 4) is 11.4 Å². The molecule has 0 spiro atoms. The number of amides is 1. The molecule has 2 aromatic carbocycles. The molecule has 0 fully saturated rings. The molecule has 2 heterocycles. The van der Waals surface area contributed by atoms with E-state index in [1.165, 1.54) is 0 Å². The molecule has 0 atom stereocenters. The Kier molecular flexibility index (Phi) is 4.03. The Balaban J connectivity index is 1.49. The van der Waals surface area contributed by atoms with Crippen molar-refractivity contribution in [1.29, 1.82) is 0 Å². The van der Waals surface area contributed by atoms with Crippen LogP contribution in [-0.4, -0.2) is 26.1 Å². The molecule has 0 unspecified atom stereocenters. The molecule has 0 saturated carbocycles. The lowest BCUT2D eigenvalue weighted by Crippen LogP contribution is -2.26. The summed E-state index contributed by atoms with van der Waals surface area (Å²) in [6, 6.07) is 18.3. The zero-order valence-electron chi connectivity index (χ0n) is 13.7. The number of nitrogens with one attached hydrogen (secondary N) is 3. The zero-order valence-corrected chi connectivity index (χ0v) is 13.7. The molecule has 0 aliphatic carbocycles. The minimum Gasteiger partial charge on any atom is -0.343 e. The largest absolute Gasteiger partial charge is 0.343 e. The quantitative estimate of drug-likeness (QED) is 0.528. The van der Waals surface area contributed by atoms with Gasteiger partial charge in [-0.15, -0.1) is 0 Å². The maximum absolute atomic E-state index is 12.3. The van der Waals surface area contributed by atoms with Gasteiger partial charge in [0, 0.05) is 10.9 Å². The Labute approximate surface area is 148 Å². The third kappa shape index (κ3) is 3.10. The number of hydrogen-bond donors (Lipinski definition) is 3. The highest BCUT2D eigenvalue weighted by atomic mass is 16.2. The Morgan fingerprint density at radius 3 is 2.65 bits per heavy atom. The fourth-order valence-electron chi connectivity index (χ4n) is 2.68. The summed E-state index contributed by atoms with van der Waals surface area (Å²) in [5.41, 5.74) is 0.802. The standard InChI is InChI=1S/C19H15N5O2/c25-18-14-9-5-4-8-13(14)10-15(21-18)19(26)20-11-16-22-17(24-23-16)12-6-2-1-3-7-12/h1-10H,11H2,(H,20,26)(H,21,25)(H,22,23,24). The average Bonchev–Trinajstić information content (AvgIpc) is 3.16. The van der Waals surface area contributed by atoms with Gasteiger partial charge in [0.25, 0.3) is 11.5 Å². The van der Waals surface area contributed by atoms with Gasteiger partial charge < -0.3 is 10.3 Å². The van der Waals surface area contributed by atoms with E-state index >= 15 is 0 Å². The molecule has 7 heteroatoms. The number of aromatic nitrogens is 4. The fourth-order valence-corrected chi connectivity index (χ4v) is 2.68. The number of hydrogen-bond acceptors (Lipinski definition) is 4. The number of carbonyl (C=O) groups excluding carboxylic acids is 1. The Bertz CT molecular complexity index is 1130. The summed E-state index contributed by atoms with van der Waals surface area (Å²) < 4.78 is 0. The van der Waals surface area contributed by atoms with Crippen molar-refractivity contribution in [3.05, 3.63) is 82.5 Å². The smallest absolute Gasteiger partial charge is 0.268 e. The molecule has 0 radical (unpaired) electrons. The molecule has 128 valence electrons. The van der Waals surface area contributed by atoms with Gasteiger partial charge in [0.15, 0.2) is 5.82 Å². The number of H-pyrrole nitrogens is 2. The molecule has 0 aliphatic heterocycles. The Hall–Kier alpha value is -3.74. The second-order valence-corrected chi connectivity index (χ2v) is 5.75. The van der Waals surface area contributed by atoms with Gasteiger partial charge in [-0.1, -0.05) is 48.5 Å². The van der Waals surface area contributed by atoms with Crippen LogP contribution in [0.3, 0.4) is 0 Å². The van der Waals surface area contributed by atoms with Crippen molar-refractivity contribution in [1.82, 2.24) is 25.5 Å². The van der Waals surface area contributed by atoms with Crippen molar-refractivity contribution in [2.45, 2.75) is 6.54 Å². The van der Waals surface area contributed by atoms with E-state index in [-0.39, 0.29) is 23.7 Å². The van der Waals surface area contributed by atoms with Crippen LogP contribution in [0.2, 0.25) is 0 Å². The van der Waals surface area contributed by atoms with E-state index in [2.05, 4.69) is 25.5 Å². The summed E-state index contributed by atoms with van der Waals surface area (Å²) >= 11 is 0. The highest BCUT2D eigenvalue weighted by Crippen LogP contribution is 2.13. The second kappa shape index (κ2) is 6.64. The maximum atomic E-state index is 12.3. The van der Waals surface area contributed by atoms with E-state index < -0.39 is 0 Å². The van der Waals surface area contributed by atoms with Crippen LogP contribution in [0.4, 0.5) is 0 Å². The van der Waals surface area contributed by atoms with Gasteiger partial charge in [-0.2, -0.15) is 5.10 Å². The van der Waals surface area contributed by atoms with Gasteiger partial charge >= 0.3 is 0 Å². The number of benzene rings is 2. The van der Waals surface area contributed by atoms with E-state index in [1.807, 2.05) is 36.4 Å². The average molecular weight is 345 g/mol. The lowest BCUT2D eigenvalue weighted by Gasteiger charge is -2.04. The molecule has 4 aromatic rings. The minimum atomic E-state index is -0.384. The van der Waals surface area contributed by atoms with E-state index in [9.17, 15) is 9.59 Å². The van der Waals surface area contributed by atoms with E-state index in [0.717, 1.165) is 5.56 Å². The van der Waals surface area contributed by atoms with Crippen LogP contribution in [0, 0.1) is 0 Å². The third-order valence-electron chi connectivity index (χ3n) is 3.98. The van der Waals surface area contributed by atoms with Crippen molar-refractivity contribution < 1.29 is 4.79 Å². The van der Waals surface area contributed by atoms with Crippen LogP contribution in [0.5, 0.6) is 0 Å². The summed E-state index contributed by atoms with van der Waals surface area (Å²) in [6.07, 6.45) is 0. The lowest BCUT2D eigenvalue weighted by molar-refractivity contribution is 0.0945. The Morgan fingerprint density at radius 2 is 1.81 bits per heavy atom. The second-order valence-electron chi connectivity index (χ2n) is 5.75. The number of nitrogens with zero attached hydrogens (tertiary/aromatic N) is 2. The van der Waals surface area contributed by atoms with Crippen LogP contribution in [0.25, 0.3) is 22.2 Å². The van der Waals surface area contributed by atoms with Crippen LogP contribution < -0.4 is 10.9 Å². The summed E-state index contributed by atoms with van der Waals surface area (Å²) in [5.74, 6) is 0.708. The van der Waals surface area contributed by atoms with E-state index in [4.69, 9.17) is 0 Å². The molecular formula is C19H15N5O2. The molecule has 1 amide bonds. The number of pyridine rings is 1. The topological polar surface area (TPSA) is 104 Å². The van der Waals surface area contributed by atoms with Crippen molar-refractivity contribution in [3.63, 3.8) is 0 Å². The molecule has 2 aromatic heterocycles. The molecule has 0 saturated heterocycles. The van der Waals surface area contributed by atoms with E-state index in [0.29, 0.717) is 22.4 Å². The molecule has 4 rings (SSSR count). The predicted octanol–water partition coefficient (Wildman–Crippen LogP) is 2.24. The first-order valence-corrected chi connectivity index (χ1v) is 8.08. The zero-order chi connectivity index (χ0) is 17.9. The van der Waals surface area contributed by atoms with Crippen molar-refractivity contribution in [2.24, 2.45) is 0 Å². The molecule has 3 N–H and O–H groups in total. The minimum absolute atomic E-state index is 0.174. The van der Waals surface area contributed by atoms with Crippen LogP contribution in [-0.2, 0) is 6.54 Å². The van der Waals surface area contributed by atoms with Gasteiger partial charge in [0.2, 0.25) is 0 Å². The maximum Gasteiger partial charge on any atom is 0.268 e. The first-order chi connectivity index (χ1) is 12.7. The van der Waals surface area contributed by atoms with Crippen molar-refractivity contribution in [2.75, 3.05) is 0 Å². The van der Waals surface area contributed by atoms with Crippen molar-refractivity contribution >= 4 is 16.7 Å². The van der Waals surface area contributed by atoms with Gasteiger partial charge in [0.1, 0.15) is 11.5 Å². The molecular weight excluding hydrogens is 330 g/mol. The molecule has 7 nitrogen and oxygen atoms in total. The highest BCUT2D eigenvalue weighted by molar-refractivity contribution is 5.96. The first-order valence-electron chi connectivity index (χ1n) is 8.08. The van der Waals surface area contributed by atoms with Gasteiger partial charge in [0.05, 0.1) is 6.54 Å².